The van der Waals surface area contributed by atoms with Crippen LogP contribution in [0, 0.1) is 5.82 Å². The van der Waals surface area contributed by atoms with Gasteiger partial charge in [-0.2, -0.15) is 0 Å². The molecular weight excluding hydrogens is 365 g/mol. The number of aromatic carboxylic acids is 1. The second kappa shape index (κ2) is 6.24. The molecule has 0 fully saturated rings. The summed E-state index contributed by atoms with van der Waals surface area (Å²) in [6.45, 7) is 0. The first-order valence-corrected chi connectivity index (χ1v) is 6.86. The van der Waals surface area contributed by atoms with Crippen molar-refractivity contribution >= 4 is 45.1 Å². The van der Waals surface area contributed by atoms with E-state index in [2.05, 4.69) is 21.2 Å². The number of carbonyl (C=O) groups excluding carboxylic acids is 1. The van der Waals surface area contributed by atoms with Gasteiger partial charge in [-0.1, -0.05) is 23.7 Å². The number of hydrogen-bond acceptors (Lipinski definition) is 2. The van der Waals surface area contributed by atoms with Gasteiger partial charge in [-0.15, -0.1) is 0 Å². The van der Waals surface area contributed by atoms with E-state index >= 15 is 0 Å². The zero-order valence-electron chi connectivity index (χ0n) is 10.4. The lowest BCUT2D eigenvalue weighted by atomic mass is 10.1. The molecule has 4 nitrogen and oxygen atoms in total. The van der Waals surface area contributed by atoms with Crippen LogP contribution in [0.4, 0.5) is 10.1 Å². The summed E-state index contributed by atoms with van der Waals surface area (Å²) in [4.78, 5) is 23.3. The van der Waals surface area contributed by atoms with E-state index in [1.54, 1.807) is 0 Å². The van der Waals surface area contributed by atoms with Gasteiger partial charge in [0, 0.05) is 4.47 Å². The molecule has 0 aliphatic carbocycles. The topological polar surface area (TPSA) is 66.4 Å². The van der Waals surface area contributed by atoms with Gasteiger partial charge < -0.3 is 10.4 Å². The Labute approximate surface area is 132 Å². The SMILES string of the molecule is O=C(Nc1cccc(Cl)c1C(=O)O)c1c(F)cccc1Br. The van der Waals surface area contributed by atoms with Crippen molar-refractivity contribution in [1.29, 1.82) is 0 Å². The van der Waals surface area contributed by atoms with Gasteiger partial charge in [-0.25, -0.2) is 9.18 Å². The number of carboxylic acids is 1. The monoisotopic (exact) mass is 371 g/mol. The normalized spacial score (nSPS) is 10.2. The predicted molar refractivity (Wildman–Crippen MR) is 80.5 cm³/mol. The molecule has 0 saturated heterocycles. The molecule has 2 rings (SSSR count). The van der Waals surface area contributed by atoms with Crippen LogP contribution >= 0.6 is 27.5 Å². The van der Waals surface area contributed by atoms with Crippen LogP contribution in [0.15, 0.2) is 40.9 Å². The van der Waals surface area contributed by atoms with Gasteiger partial charge in [0.2, 0.25) is 0 Å². The lowest BCUT2D eigenvalue weighted by molar-refractivity contribution is 0.0698. The number of nitrogens with one attached hydrogen (secondary N) is 1. The van der Waals surface area contributed by atoms with Crippen molar-refractivity contribution < 1.29 is 19.1 Å². The molecule has 0 radical (unpaired) electrons. The molecule has 2 aromatic rings. The lowest BCUT2D eigenvalue weighted by Crippen LogP contribution is -2.17. The number of amides is 1. The molecule has 0 atom stereocenters. The van der Waals surface area contributed by atoms with Crippen LogP contribution in [0.25, 0.3) is 0 Å². The molecule has 0 saturated carbocycles. The van der Waals surface area contributed by atoms with Crippen LogP contribution in [0.5, 0.6) is 0 Å². The summed E-state index contributed by atoms with van der Waals surface area (Å²) in [5.41, 5.74) is -0.469. The Morgan fingerprint density at radius 1 is 1.14 bits per heavy atom. The molecule has 108 valence electrons. The summed E-state index contributed by atoms with van der Waals surface area (Å²) in [7, 11) is 0. The number of rotatable bonds is 3. The van der Waals surface area contributed by atoms with Crippen LogP contribution in [0.1, 0.15) is 20.7 Å². The minimum Gasteiger partial charge on any atom is -0.478 e. The van der Waals surface area contributed by atoms with E-state index in [-0.39, 0.29) is 26.3 Å². The number of halogens is 3. The number of anilines is 1. The standard InChI is InChI=1S/C14H8BrClFNO3/c15-7-3-1-5-9(17)11(7)13(19)18-10-6-2-4-8(16)12(10)14(20)21/h1-6H,(H,18,19)(H,20,21). The average Bonchev–Trinajstić information content (AvgIpc) is 2.37. The molecule has 21 heavy (non-hydrogen) atoms. The van der Waals surface area contributed by atoms with Crippen molar-refractivity contribution in [2.45, 2.75) is 0 Å². The molecule has 1 amide bonds. The fourth-order valence-electron chi connectivity index (χ4n) is 1.75. The molecule has 0 aromatic heterocycles. The zero-order valence-corrected chi connectivity index (χ0v) is 12.7. The number of benzene rings is 2. The summed E-state index contributed by atoms with van der Waals surface area (Å²) < 4.78 is 14.0. The first-order valence-electron chi connectivity index (χ1n) is 5.69. The van der Waals surface area contributed by atoms with Gasteiger partial charge in [-0.3, -0.25) is 4.79 Å². The van der Waals surface area contributed by atoms with Gasteiger partial charge in [0.25, 0.3) is 5.91 Å². The van der Waals surface area contributed by atoms with Gasteiger partial charge >= 0.3 is 5.97 Å². The van der Waals surface area contributed by atoms with E-state index in [1.807, 2.05) is 0 Å². The minimum absolute atomic E-state index is 0.00449. The van der Waals surface area contributed by atoms with Gasteiger partial charge in [0.1, 0.15) is 11.4 Å². The highest BCUT2D eigenvalue weighted by atomic mass is 79.9. The molecule has 2 aromatic carbocycles. The summed E-state index contributed by atoms with van der Waals surface area (Å²) in [5, 5.41) is 11.5. The van der Waals surface area contributed by atoms with E-state index in [9.17, 15) is 14.0 Å². The Morgan fingerprint density at radius 2 is 1.81 bits per heavy atom. The average molecular weight is 373 g/mol. The van der Waals surface area contributed by atoms with E-state index in [0.29, 0.717) is 0 Å². The van der Waals surface area contributed by atoms with Crippen molar-refractivity contribution in [2.75, 3.05) is 5.32 Å². The second-order valence-electron chi connectivity index (χ2n) is 4.02. The third-order valence-corrected chi connectivity index (χ3v) is 3.64. The highest BCUT2D eigenvalue weighted by Crippen LogP contribution is 2.26. The molecule has 0 unspecified atom stereocenters. The van der Waals surface area contributed by atoms with Crippen LogP contribution in [0.2, 0.25) is 5.02 Å². The third-order valence-electron chi connectivity index (χ3n) is 2.67. The van der Waals surface area contributed by atoms with Crippen molar-refractivity contribution in [3.8, 4) is 0 Å². The second-order valence-corrected chi connectivity index (χ2v) is 5.28. The highest BCUT2D eigenvalue weighted by Gasteiger charge is 2.20. The van der Waals surface area contributed by atoms with Gasteiger partial charge in [0.15, 0.2) is 0 Å². The van der Waals surface area contributed by atoms with Crippen LogP contribution in [-0.2, 0) is 0 Å². The van der Waals surface area contributed by atoms with Crippen LogP contribution in [-0.4, -0.2) is 17.0 Å². The predicted octanol–water partition coefficient (Wildman–Crippen LogP) is 4.19. The number of carboxylic acid groups (broad SMARTS) is 1. The van der Waals surface area contributed by atoms with Crippen molar-refractivity contribution in [3.05, 3.63) is 62.8 Å². The maximum absolute atomic E-state index is 13.7. The first-order chi connectivity index (χ1) is 9.91. The molecule has 7 heteroatoms. The van der Waals surface area contributed by atoms with Crippen molar-refractivity contribution in [3.63, 3.8) is 0 Å². The van der Waals surface area contributed by atoms with Crippen LogP contribution < -0.4 is 5.32 Å². The number of hydrogen-bond donors (Lipinski definition) is 2. The zero-order chi connectivity index (χ0) is 15.6. The largest absolute Gasteiger partial charge is 0.478 e. The van der Waals surface area contributed by atoms with Crippen molar-refractivity contribution in [1.82, 2.24) is 0 Å². The summed E-state index contributed by atoms with van der Waals surface area (Å²) >= 11 is 8.88. The third kappa shape index (κ3) is 3.22. The summed E-state index contributed by atoms with van der Waals surface area (Å²) in [6, 6.07) is 8.34. The highest BCUT2D eigenvalue weighted by molar-refractivity contribution is 9.10. The van der Waals surface area contributed by atoms with E-state index < -0.39 is 17.7 Å². The van der Waals surface area contributed by atoms with E-state index in [0.717, 1.165) is 6.07 Å². The Kier molecular flexibility index (Phi) is 4.59. The van der Waals surface area contributed by atoms with Crippen LogP contribution in [0.3, 0.4) is 0 Å². The van der Waals surface area contributed by atoms with Gasteiger partial charge in [-0.05, 0) is 40.2 Å². The molecule has 0 aliphatic heterocycles. The Hall–Kier alpha value is -1.92. The Morgan fingerprint density at radius 3 is 2.43 bits per heavy atom. The Bertz CT molecular complexity index is 716. The maximum Gasteiger partial charge on any atom is 0.339 e. The minimum atomic E-state index is -1.29. The first kappa shape index (κ1) is 15.5. The molecule has 2 N–H and O–H groups in total. The number of carbonyl (C=O) groups is 2. The molecular formula is C14H8BrClFNO3. The molecule has 0 bridgehead atoms. The van der Waals surface area contributed by atoms with E-state index in [4.69, 9.17) is 16.7 Å². The molecule has 0 spiro atoms. The van der Waals surface area contributed by atoms with Gasteiger partial charge in [0.05, 0.1) is 16.3 Å². The molecule has 0 aliphatic rings. The smallest absolute Gasteiger partial charge is 0.339 e. The summed E-state index contributed by atoms with van der Waals surface area (Å²) in [6.07, 6.45) is 0. The fourth-order valence-corrected chi connectivity index (χ4v) is 2.52. The quantitative estimate of drug-likeness (QED) is 0.849. The maximum atomic E-state index is 13.7. The lowest BCUT2D eigenvalue weighted by Gasteiger charge is -2.11. The molecule has 0 heterocycles. The fraction of sp³-hybridized carbons (Fsp3) is 0. The van der Waals surface area contributed by atoms with E-state index in [1.165, 1.54) is 30.3 Å². The Balaban J connectivity index is 2.42. The van der Waals surface area contributed by atoms with Crippen molar-refractivity contribution in [2.24, 2.45) is 0 Å². The summed E-state index contributed by atoms with van der Waals surface area (Å²) in [5.74, 6) is -2.78.